The summed E-state index contributed by atoms with van der Waals surface area (Å²) in [5.41, 5.74) is 1.02. The second-order valence-corrected chi connectivity index (χ2v) is 9.72. The van der Waals surface area contributed by atoms with E-state index in [0.717, 1.165) is 17.4 Å². The Balaban J connectivity index is 1.60. The summed E-state index contributed by atoms with van der Waals surface area (Å²) in [5.74, 6) is -1.24. The van der Waals surface area contributed by atoms with Crippen LogP contribution in [0.15, 0.2) is 41.5 Å². The summed E-state index contributed by atoms with van der Waals surface area (Å²) in [6.07, 6.45) is 4.81. The number of halogens is 2. The van der Waals surface area contributed by atoms with Gasteiger partial charge >= 0.3 is 7.82 Å². The summed E-state index contributed by atoms with van der Waals surface area (Å²) < 4.78 is 31.9. The van der Waals surface area contributed by atoms with Gasteiger partial charge in [0.15, 0.2) is 17.0 Å². The van der Waals surface area contributed by atoms with E-state index in [4.69, 9.17) is 21.4 Å². The average molecular weight is 537 g/mol. The van der Waals surface area contributed by atoms with E-state index in [2.05, 4.69) is 24.9 Å². The molecule has 0 unspecified atom stereocenters. The van der Waals surface area contributed by atoms with Gasteiger partial charge in [-0.05, 0) is 37.1 Å². The fourth-order valence-corrected chi connectivity index (χ4v) is 3.86. The van der Waals surface area contributed by atoms with Gasteiger partial charge in [-0.2, -0.15) is 9.61 Å². The number of fused-ring (bicyclic) bond motifs is 1. The molecule has 1 aromatic carbocycles. The van der Waals surface area contributed by atoms with Crippen molar-refractivity contribution in [1.82, 2.24) is 19.2 Å². The molecule has 0 aliphatic heterocycles. The van der Waals surface area contributed by atoms with Crippen LogP contribution in [-0.2, 0) is 15.8 Å². The third-order valence-corrected chi connectivity index (χ3v) is 5.96. The van der Waals surface area contributed by atoms with Crippen molar-refractivity contribution in [1.29, 1.82) is 0 Å². The van der Waals surface area contributed by atoms with Crippen LogP contribution in [0.1, 0.15) is 18.4 Å². The Morgan fingerprint density at radius 1 is 1.28 bits per heavy atom. The minimum absolute atomic E-state index is 0.110. The number of phosphoric acid groups is 1. The quantitative estimate of drug-likeness (QED) is 0.222. The molecule has 188 valence electrons. The molecule has 0 bridgehead atoms. The van der Waals surface area contributed by atoms with Crippen LogP contribution in [0.3, 0.4) is 0 Å². The normalized spacial score (nSPS) is 15.2. The van der Waals surface area contributed by atoms with Gasteiger partial charge in [0.1, 0.15) is 18.4 Å². The maximum absolute atomic E-state index is 14.3. The molecule has 1 fully saturated rings. The van der Waals surface area contributed by atoms with Crippen LogP contribution in [0.4, 0.5) is 15.9 Å². The Hall–Kier alpha value is -3.48. The predicted molar refractivity (Wildman–Crippen MR) is 126 cm³/mol. The molecule has 5 rings (SSSR count). The van der Waals surface area contributed by atoms with Crippen LogP contribution < -0.4 is 16.0 Å². The largest absolute Gasteiger partial charge is 0.494 e. The Morgan fingerprint density at radius 3 is 2.78 bits per heavy atom. The molecule has 36 heavy (non-hydrogen) atoms. The molecule has 1 aliphatic carbocycles. The number of aromatic nitrogens is 4. The number of rotatable bonds is 7. The lowest BCUT2D eigenvalue weighted by Gasteiger charge is -2.08. The van der Waals surface area contributed by atoms with Crippen LogP contribution in [0, 0.1) is 5.82 Å². The fraction of sp³-hybridized carbons (Fsp3) is 0.190. The topological polar surface area (TPSA) is 167 Å². The van der Waals surface area contributed by atoms with Crippen molar-refractivity contribution in [2.45, 2.75) is 25.6 Å². The van der Waals surface area contributed by atoms with Crippen LogP contribution >= 0.6 is 19.4 Å². The second-order valence-electron chi connectivity index (χ2n) is 8.05. The second kappa shape index (κ2) is 9.19. The molecule has 0 radical (unpaired) electrons. The van der Waals surface area contributed by atoms with E-state index < -0.39 is 32.1 Å². The van der Waals surface area contributed by atoms with Gasteiger partial charge in [0.05, 0.1) is 17.9 Å². The van der Waals surface area contributed by atoms with Crippen LogP contribution in [-0.4, -0.2) is 45.2 Å². The van der Waals surface area contributed by atoms with Crippen molar-refractivity contribution in [2.24, 2.45) is 4.99 Å². The van der Waals surface area contributed by atoms with E-state index in [-0.39, 0.29) is 23.1 Å². The Kier molecular flexibility index (Phi) is 6.18. The van der Waals surface area contributed by atoms with Crippen molar-refractivity contribution < 1.29 is 33.5 Å². The first-order chi connectivity index (χ1) is 17.1. The lowest BCUT2D eigenvalue weighted by atomic mass is 10.2. The SMILES string of the molecule is O=P(O)(O)OCn1c(O)cc(C=c2cnn3c(=NC4CC4)cc(Nc4cc(Cl)ccc4F)nc23)c1O. The molecule has 0 saturated heterocycles. The molecule has 12 nitrogen and oxygen atoms in total. The average Bonchev–Trinajstić information content (AvgIpc) is 3.46. The van der Waals surface area contributed by atoms with E-state index in [1.165, 1.54) is 41.1 Å². The third kappa shape index (κ3) is 5.20. The highest BCUT2D eigenvalue weighted by molar-refractivity contribution is 7.46. The summed E-state index contributed by atoms with van der Waals surface area (Å²) in [6.45, 7) is -0.785. The molecule has 0 amide bonds. The zero-order chi connectivity index (χ0) is 25.6. The summed E-state index contributed by atoms with van der Waals surface area (Å²) in [5, 5.41) is 28.6. The lowest BCUT2D eigenvalue weighted by molar-refractivity contribution is 0.141. The molecule has 3 aromatic heterocycles. The maximum Gasteiger partial charge on any atom is 0.471 e. The van der Waals surface area contributed by atoms with E-state index in [1.807, 2.05) is 0 Å². The Labute approximate surface area is 206 Å². The molecular weight excluding hydrogens is 518 g/mol. The molecule has 15 heteroatoms. The highest BCUT2D eigenvalue weighted by atomic mass is 35.5. The molecule has 4 aromatic rings. The van der Waals surface area contributed by atoms with Gasteiger partial charge in [0, 0.05) is 27.9 Å². The summed E-state index contributed by atoms with van der Waals surface area (Å²) >= 11 is 6.00. The summed E-state index contributed by atoms with van der Waals surface area (Å²) in [6, 6.07) is 7.03. The lowest BCUT2D eigenvalue weighted by Crippen LogP contribution is -2.20. The van der Waals surface area contributed by atoms with Gasteiger partial charge in [-0.25, -0.2) is 13.9 Å². The summed E-state index contributed by atoms with van der Waals surface area (Å²) in [4.78, 5) is 26.9. The zero-order valence-electron chi connectivity index (χ0n) is 18.3. The number of hydrogen-bond acceptors (Lipinski definition) is 8. The van der Waals surface area contributed by atoms with E-state index in [1.54, 1.807) is 6.07 Å². The Bertz CT molecular complexity index is 1650. The van der Waals surface area contributed by atoms with Gasteiger partial charge in [-0.1, -0.05) is 11.6 Å². The third-order valence-electron chi connectivity index (χ3n) is 5.27. The smallest absolute Gasteiger partial charge is 0.471 e. The number of anilines is 2. The van der Waals surface area contributed by atoms with Crippen molar-refractivity contribution in [2.75, 3.05) is 5.32 Å². The van der Waals surface area contributed by atoms with Crippen LogP contribution in [0.25, 0.3) is 11.7 Å². The number of benzene rings is 1. The molecule has 0 atom stereocenters. The van der Waals surface area contributed by atoms with Gasteiger partial charge in [0.2, 0.25) is 5.88 Å². The molecule has 0 spiro atoms. The highest BCUT2D eigenvalue weighted by Gasteiger charge is 2.21. The van der Waals surface area contributed by atoms with Crippen molar-refractivity contribution in [3.8, 4) is 11.8 Å². The van der Waals surface area contributed by atoms with Gasteiger partial charge < -0.3 is 25.3 Å². The molecule has 5 N–H and O–H groups in total. The first-order valence-corrected chi connectivity index (χ1v) is 12.5. The molecule has 1 aliphatic rings. The van der Waals surface area contributed by atoms with Crippen molar-refractivity contribution in [3.63, 3.8) is 0 Å². The van der Waals surface area contributed by atoms with Crippen molar-refractivity contribution >= 4 is 42.7 Å². The van der Waals surface area contributed by atoms with E-state index in [0.29, 0.717) is 21.4 Å². The van der Waals surface area contributed by atoms with Crippen molar-refractivity contribution in [3.05, 3.63) is 63.6 Å². The first-order valence-electron chi connectivity index (χ1n) is 10.6. The molecule has 3 heterocycles. The monoisotopic (exact) mass is 536 g/mol. The van der Waals surface area contributed by atoms with Crippen LogP contribution in [0.5, 0.6) is 11.8 Å². The number of hydrogen-bond donors (Lipinski definition) is 5. The molecule has 1 saturated carbocycles. The predicted octanol–water partition coefficient (Wildman–Crippen LogP) is 2.16. The molecular formula is C21H19ClFN6O6P. The number of nitrogens with zero attached hydrogens (tertiary/aromatic N) is 5. The zero-order valence-corrected chi connectivity index (χ0v) is 19.9. The fourth-order valence-electron chi connectivity index (χ4n) is 3.42. The first kappa shape index (κ1) is 24.2. The van der Waals surface area contributed by atoms with Gasteiger partial charge in [-0.3, -0.25) is 14.1 Å². The minimum atomic E-state index is -4.83. The minimum Gasteiger partial charge on any atom is -0.494 e. The summed E-state index contributed by atoms with van der Waals surface area (Å²) in [7, 11) is -4.83. The van der Waals surface area contributed by atoms with Gasteiger partial charge in [0.25, 0.3) is 0 Å². The number of aromatic hydroxyl groups is 2. The number of nitrogens with one attached hydrogen (secondary N) is 1. The van der Waals surface area contributed by atoms with E-state index >= 15 is 0 Å². The van der Waals surface area contributed by atoms with Gasteiger partial charge in [-0.15, -0.1) is 0 Å². The standard InChI is InChI=1S/C21H19ClFN6O6P/c22-13-1-4-15(23)16(7-13)26-17-8-18(25-14-2-3-14)29-20(27-17)12(9-24-29)5-11-6-19(30)28(21(11)31)10-35-36(32,33)34/h1,4-9,14,26,30-31H,2-3,10H2,(H2,32,33,34). The highest BCUT2D eigenvalue weighted by Crippen LogP contribution is 2.38. The maximum atomic E-state index is 14.3. The Morgan fingerprint density at radius 2 is 2.06 bits per heavy atom. The number of phosphoric ester groups is 1. The van der Waals surface area contributed by atoms with Crippen LogP contribution in [0.2, 0.25) is 5.02 Å². The van der Waals surface area contributed by atoms with E-state index in [9.17, 15) is 19.2 Å².